The minimum absolute atomic E-state index is 0.214. The van der Waals surface area contributed by atoms with Crippen molar-refractivity contribution in [3.05, 3.63) is 53.9 Å². The molecule has 0 amide bonds. The van der Waals surface area contributed by atoms with Crippen LogP contribution in [0.15, 0.2) is 36.7 Å². The molecule has 2 rings (SSSR count). The molecule has 16 heavy (non-hydrogen) atoms. The summed E-state index contributed by atoms with van der Waals surface area (Å²) in [4.78, 5) is 4.27. The van der Waals surface area contributed by atoms with Gasteiger partial charge < -0.3 is 10.3 Å². The van der Waals surface area contributed by atoms with E-state index in [9.17, 15) is 4.39 Å². The van der Waals surface area contributed by atoms with Crippen molar-refractivity contribution in [2.75, 3.05) is 6.54 Å². The van der Waals surface area contributed by atoms with Crippen LogP contribution < -0.4 is 5.73 Å². The third kappa shape index (κ3) is 2.46. The van der Waals surface area contributed by atoms with E-state index in [-0.39, 0.29) is 5.82 Å². The van der Waals surface area contributed by atoms with Gasteiger partial charge in [0.15, 0.2) is 0 Å². The summed E-state index contributed by atoms with van der Waals surface area (Å²) in [5.74, 6) is 0.742. The lowest BCUT2D eigenvalue weighted by molar-refractivity contribution is 0.626. The molecule has 84 valence electrons. The first-order chi connectivity index (χ1) is 7.79. The first-order valence-corrected chi connectivity index (χ1v) is 5.24. The number of benzene rings is 1. The Labute approximate surface area is 93.7 Å². The zero-order valence-corrected chi connectivity index (χ0v) is 8.94. The van der Waals surface area contributed by atoms with Crippen molar-refractivity contribution in [2.24, 2.45) is 5.73 Å². The van der Waals surface area contributed by atoms with E-state index in [1.807, 2.05) is 10.8 Å². The highest BCUT2D eigenvalue weighted by Gasteiger charge is 2.03. The van der Waals surface area contributed by atoms with Gasteiger partial charge in [-0.25, -0.2) is 9.37 Å². The van der Waals surface area contributed by atoms with Gasteiger partial charge in [0.25, 0.3) is 0 Å². The van der Waals surface area contributed by atoms with Crippen molar-refractivity contribution < 1.29 is 4.39 Å². The van der Waals surface area contributed by atoms with Crippen LogP contribution in [0.1, 0.15) is 11.4 Å². The summed E-state index contributed by atoms with van der Waals surface area (Å²) in [5, 5.41) is 0. The highest BCUT2D eigenvalue weighted by molar-refractivity contribution is 5.20. The van der Waals surface area contributed by atoms with E-state index in [1.165, 1.54) is 12.1 Å². The summed E-state index contributed by atoms with van der Waals surface area (Å²) in [6.45, 7) is 1.35. The summed E-state index contributed by atoms with van der Waals surface area (Å²) in [6.07, 6.45) is 4.37. The Hall–Kier alpha value is -1.68. The average molecular weight is 219 g/mol. The van der Waals surface area contributed by atoms with Crippen LogP contribution >= 0.6 is 0 Å². The van der Waals surface area contributed by atoms with Crippen molar-refractivity contribution >= 4 is 0 Å². The second-order valence-corrected chi connectivity index (χ2v) is 3.63. The molecule has 3 nitrogen and oxygen atoms in total. The maximum Gasteiger partial charge on any atom is 0.123 e. The molecular weight excluding hydrogens is 205 g/mol. The zero-order valence-electron chi connectivity index (χ0n) is 8.94. The molecule has 0 unspecified atom stereocenters. The normalized spacial score (nSPS) is 10.6. The molecule has 0 radical (unpaired) electrons. The number of hydrogen-bond acceptors (Lipinski definition) is 2. The SMILES string of the molecule is NCCn1ccnc1Cc1ccc(F)cc1. The fraction of sp³-hybridized carbons (Fsp3) is 0.250. The van der Waals surface area contributed by atoms with Crippen LogP contribution in [0.2, 0.25) is 0 Å². The van der Waals surface area contributed by atoms with Crippen LogP contribution in [0.4, 0.5) is 4.39 Å². The van der Waals surface area contributed by atoms with Crippen molar-refractivity contribution in [1.29, 1.82) is 0 Å². The van der Waals surface area contributed by atoms with Gasteiger partial charge in [0, 0.05) is 31.9 Å². The molecule has 1 aromatic carbocycles. The molecule has 2 aromatic rings. The second kappa shape index (κ2) is 4.90. The number of hydrogen-bond donors (Lipinski definition) is 1. The molecule has 0 aliphatic carbocycles. The van der Waals surface area contributed by atoms with Gasteiger partial charge in [0.1, 0.15) is 11.6 Å². The number of rotatable bonds is 4. The molecular formula is C12H14FN3. The smallest absolute Gasteiger partial charge is 0.123 e. The fourth-order valence-electron chi connectivity index (χ4n) is 1.63. The lowest BCUT2D eigenvalue weighted by Crippen LogP contribution is -2.12. The van der Waals surface area contributed by atoms with Gasteiger partial charge in [-0.05, 0) is 17.7 Å². The molecule has 0 aliphatic heterocycles. The van der Waals surface area contributed by atoms with E-state index >= 15 is 0 Å². The van der Waals surface area contributed by atoms with Crippen LogP contribution in [-0.4, -0.2) is 16.1 Å². The lowest BCUT2D eigenvalue weighted by Gasteiger charge is -2.06. The van der Waals surface area contributed by atoms with Crippen LogP contribution in [0, 0.1) is 5.82 Å². The highest BCUT2D eigenvalue weighted by atomic mass is 19.1. The van der Waals surface area contributed by atoms with E-state index < -0.39 is 0 Å². The zero-order chi connectivity index (χ0) is 11.4. The third-order valence-electron chi connectivity index (χ3n) is 2.45. The third-order valence-corrected chi connectivity index (χ3v) is 2.45. The van der Waals surface area contributed by atoms with Crippen LogP contribution in [-0.2, 0) is 13.0 Å². The van der Waals surface area contributed by atoms with Crippen molar-refractivity contribution in [3.8, 4) is 0 Å². The predicted octanol–water partition coefficient (Wildman–Crippen LogP) is 1.57. The molecule has 4 heteroatoms. The maximum absolute atomic E-state index is 12.7. The number of imidazole rings is 1. The molecule has 2 N–H and O–H groups in total. The largest absolute Gasteiger partial charge is 0.333 e. The van der Waals surface area contributed by atoms with Crippen molar-refractivity contribution in [3.63, 3.8) is 0 Å². The van der Waals surface area contributed by atoms with E-state index in [1.54, 1.807) is 18.3 Å². The Morgan fingerprint density at radius 1 is 1.25 bits per heavy atom. The summed E-state index contributed by atoms with van der Waals surface area (Å²) in [7, 11) is 0. The molecule has 0 fully saturated rings. The van der Waals surface area contributed by atoms with Crippen molar-refractivity contribution in [1.82, 2.24) is 9.55 Å². The molecule has 0 bridgehead atoms. The predicted molar refractivity (Wildman–Crippen MR) is 60.5 cm³/mol. The monoisotopic (exact) mass is 219 g/mol. The fourth-order valence-corrected chi connectivity index (χ4v) is 1.63. The summed E-state index contributed by atoms with van der Waals surface area (Å²) < 4.78 is 14.7. The van der Waals surface area contributed by atoms with E-state index in [0.717, 1.165) is 17.9 Å². The van der Waals surface area contributed by atoms with Gasteiger partial charge >= 0.3 is 0 Å². The van der Waals surface area contributed by atoms with Gasteiger partial charge in [-0.3, -0.25) is 0 Å². The van der Waals surface area contributed by atoms with Gasteiger partial charge in [-0.1, -0.05) is 12.1 Å². The van der Waals surface area contributed by atoms with E-state index in [4.69, 9.17) is 5.73 Å². The van der Waals surface area contributed by atoms with Crippen LogP contribution in [0.5, 0.6) is 0 Å². The van der Waals surface area contributed by atoms with Crippen LogP contribution in [0.25, 0.3) is 0 Å². The molecule has 0 spiro atoms. The standard InChI is InChI=1S/C12H14FN3/c13-11-3-1-10(2-4-11)9-12-15-6-8-16(12)7-5-14/h1-4,6,8H,5,7,9,14H2. The Morgan fingerprint density at radius 3 is 2.69 bits per heavy atom. The number of aromatic nitrogens is 2. The molecule has 0 aliphatic rings. The molecule has 1 aromatic heterocycles. The molecule has 0 saturated carbocycles. The first kappa shape index (κ1) is 10.8. The number of halogens is 1. The lowest BCUT2D eigenvalue weighted by atomic mass is 10.1. The van der Waals surface area contributed by atoms with Gasteiger partial charge in [0.05, 0.1) is 0 Å². The van der Waals surface area contributed by atoms with Crippen molar-refractivity contribution in [2.45, 2.75) is 13.0 Å². The first-order valence-electron chi connectivity index (χ1n) is 5.24. The molecule has 1 heterocycles. The molecule has 0 saturated heterocycles. The summed E-state index contributed by atoms with van der Waals surface area (Å²) >= 11 is 0. The number of nitrogens with two attached hydrogens (primary N) is 1. The van der Waals surface area contributed by atoms with E-state index in [0.29, 0.717) is 13.0 Å². The second-order valence-electron chi connectivity index (χ2n) is 3.63. The topological polar surface area (TPSA) is 43.8 Å². The summed E-state index contributed by atoms with van der Waals surface area (Å²) in [5.41, 5.74) is 6.55. The minimum Gasteiger partial charge on any atom is -0.333 e. The Kier molecular flexibility index (Phi) is 3.31. The van der Waals surface area contributed by atoms with Gasteiger partial charge in [0.2, 0.25) is 0 Å². The average Bonchev–Trinajstić information content (AvgIpc) is 2.70. The Morgan fingerprint density at radius 2 is 2.00 bits per heavy atom. The summed E-state index contributed by atoms with van der Waals surface area (Å²) in [6, 6.07) is 6.48. The van der Waals surface area contributed by atoms with Crippen LogP contribution in [0.3, 0.4) is 0 Å². The quantitative estimate of drug-likeness (QED) is 0.848. The van der Waals surface area contributed by atoms with E-state index in [2.05, 4.69) is 4.98 Å². The Bertz CT molecular complexity index is 448. The Balaban J connectivity index is 2.13. The van der Waals surface area contributed by atoms with Gasteiger partial charge in [-0.15, -0.1) is 0 Å². The minimum atomic E-state index is -0.214. The molecule has 0 atom stereocenters. The number of nitrogens with zero attached hydrogens (tertiary/aromatic N) is 2. The maximum atomic E-state index is 12.7. The van der Waals surface area contributed by atoms with Gasteiger partial charge in [-0.2, -0.15) is 0 Å². The highest BCUT2D eigenvalue weighted by Crippen LogP contribution is 2.09.